The number of methoxy groups -OCH3 is 1. The highest BCUT2D eigenvalue weighted by molar-refractivity contribution is 7.16. The predicted octanol–water partition coefficient (Wildman–Crippen LogP) is 2.58. The van der Waals surface area contributed by atoms with Crippen molar-refractivity contribution in [2.24, 2.45) is 0 Å². The van der Waals surface area contributed by atoms with Gasteiger partial charge in [0.25, 0.3) is 0 Å². The zero-order valence-electron chi connectivity index (χ0n) is 15.1. The minimum absolute atomic E-state index is 0.0569. The van der Waals surface area contributed by atoms with E-state index in [9.17, 15) is 4.79 Å². The van der Waals surface area contributed by atoms with Crippen LogP contribution in [0.4, 0.5) is 0 Å². The van der Waals surface area contributed by atoms with Gasteiger partial charge in [0.1, 0.15) is 10.8 Å². The maximum atomic E-state index is 12.8. The van der Waals surface area contributed by atoms with E-state index in [0.717, 1.165) is 34.5 Å². The fraction of sp³-hybridized carbons (Fsp3) is 0.444. The van der Waals surface area contributed by atoms with Crippen molar-refractivity contribution in [1.82, 2.24) is 24.7 Å². The van der Waals surface area contributed by atoms with Crippen molar-refractivity contribution in [1.29, 1.82) is 0 Å². The van der Waals surface area contributed by atoms with Crippen LogP contribution in [0.1, 0.15) is 41.3 Å². The van der Waals surface area contributed by atoms with E-state index in [1.807, 2.05) is 24.0 Å². The van der Waals surface area contributed by atoms with E-state index in [4.69, 9.17) is 4.74 Å². The molecule has 136 valence electrons. The summed E-state index contributed by atoms with van der Waals surface area (Å²) in [7, 11) is 1.67. The average Bonchev–Trinajstić information content (AvgIpc) is 3.21. The highest BCUT2D eigenvalue weighted by Gasteiger charge is 2.27. The molecule has 1 aliphatic heterocycles. The molecule has 7 nitrogen and oxygen atoms in total. The number of hydrogen-bond donors (Lipinski definition) is 0. The van der Waals surface area contributed by atoms with Crippen LogP contribution in [0.15, 0.2) is 18.2 Å². The first-order valence-corrected chi connectivity index (χ1v) is 9.52. The Morgan fingerprint density at radius 2 is 2.23 bits per heavy atom. The molecule has 1 atom stereocenters. The summed E-state index contributed by atoms with van der Waals surface area (Å²) in [6.07, 6.45) is 1.96. The minimum Gasteiger partial charge on any atom is -0.497 e. The first kappa shape index (κ1) is 17.0. The molecule has 1 aromatic carbocycles. The standard InChI is InChI=1S/C18H21N5O2S/c1-11-15-10-14(25-3)5-4-13(15)8-9-22(11)17(24)7-6-16-21-23-12(2)19-20-18(23)26-16/h4-5,10-11H,6-9H2,1-3H3. The molecule has 0 aliphatic carbocycles. The number of benzene rings is 1. The van der Waals surface area contributed by atoms with Crippen LogP contribution in [-0.4, -0.2) is 44.3 Å². The third kappa shape index (κ3) is 2.94. The molecule has 0 saturated carbocycles. The smallest absolute Gasteiger partial charge is 0.234 e. The number of amides is 1. The molecular weight excluding hydrogens is 350 g/mol. The number of rotatable bonds is 4. The Kier molecular flexibility index (Phi) is 4.36. The maximum Gasteiger partial charge on any atom is 0.234 e. The molecule has 26 heavy (non-hydrogen) atoms. The van der Waals surface area contributed by atoms with E-state index in [1.54, 1.807) is 11.6 Å². The summed E-state index contributed by atoms with van der Waals surface area (Å²) in [6, 6.07) is 6.19. The van der Waals surface area contributed by atoms with E-state index in [2.05, 4.69) is 28.3 Å². The molecule has 3 aromatic rings. The zero-order chi connectivity index (χ0) is 18.3. The van der Waals surface area contributed by atoms with Crippen molar-refractivity contribution in [2.75, 3.05) is 13.7 Å². The van der Waals surface area contributed by atoms with Gasteiger partial charge in [-0.2, -0.15) is 9.61 Å². The molecule has 8 heteroatoms. The third-order valence-corrected chi connectivity index (χ3v) is 5.91. The second kappa shape index (κ2) is 6.68. The number of ether oxygens (including phenoxy) is 1. The Labute approximate surface area is 155 Å². The predicted molar refractivity (Wildman–Crippen MR) is 98.5 cm³/mol. The fourth-order valence-electron chi connectivity index (χ4n) is 3.47. The second-order valence-electron chi connectivity index (χ2n) is 6.52. The topological polar surface area (TPSA) is 72.6 Å². The summed E-state index contributed by atoms with van der Waals surface area (Å²) < 4.78 is 7.07. The molecule has 1 amide bonds. The van der Waals surface area contributed by atoms with Crippen LogP contribution >= 0.6 is 11.3 Å². The Bertz CT molecular complexity index is 964. The Morgan fingerprint density at radius 3 is 3.00 bits per heavy atom. The van der Waals surface area contributed by atoms with E-state index in [0.29, 0.717) is 12.8 Å². The zero-order valence-corrected chi connectivity index (χ0v) is 15.9. The lowest BCUT2D eigenvalue weighted by Crippen LogP contribution is -2.39. The Morgan fingerprint density at radius 1 is 1.38 bits per heavy atom. The van der Waals surface area contributed by atoms with Crippen LogP contribution < -0.4 is 4.74 Å². The van der Waals surface area contributed by atoms with Gasteiger partial charge in [-0.3, -0.25) is 4.79 Å². The normalized spacial score (nSPS) is 16.7. The van der Waals surface area contributed by atoms with Crippen LogP contribution in [0.3, 0.4) is 0 Å². The summed E-state index contributed by atoms with van der Waals surface area (Å²) in [6.45, 7) is 4.71. The Hall–Kier alpha value is -2.48. The van der Waals surface area contributed by atoms with E-state index in [1.165, 1.54) is 22.5 Å². The lowest BCUT2D eigenvalue weighted by molar-refractivity contribution is -0.133. The maximum absolute atomic E-state index is 12.8. The van der Waals surface area contributed by atoms with Gasteiger partial charge in [-0.25, -0.2) is 0 Å². The van der Waals surface area contributed by atoms with Crippen molar-refractivity contribution >= 4 is 22.2 Å². The largest absolute Gasteiger partial charge is 0.497 e. The molecule has 4 rings (SSSR count). The van der Waals surface area contributed by atoms with Gasteiger partial charge >= 0.3 is 0 Å². The Balaban J connectivity index is 1.45. The lowest BCUT2D eigenvalue weighted by atomic mass is 9.93. The SMILES string of the molecule is COc1ccc2c(c1)C(C)N(C(=O)CCc1nn3c(C)nnc3s1)CC2. The molecule has 2 aromatic heterocycles. The van der Waals surface area contributed by atoms with Crippen molar-refractivity contribution in [3.63, 3.8) is 0 Å². The van der Waals surface area contributed by atoms with Gasteiger partial charge in [-0.05, 0) is 43.5 Å². The highest BCUT2D eigenvalue weighted by atomic mass is 32.1. The second-order valence-corrected chi connectivity index (χ2v) is 7.56. The third-order valence-electron chi connectivity index (χ3n) is 4.95. The van der Waals surface area contributed by atoms with Gasteiger partial charge < -0.3 is 9.64 Å². The lowest BCUT2D eigenvalue weighted by Gasteiger charge is -2.35. The van der Waals surface area contributed by atoms with Gasteiger partial charge in [-0.1, -0.05) is 17.4 Å². The van der Waals surface area contributed by atoms with E-state index in [-0.39, 0.29) is 11.9 Å². The van der Waals surface area contributed by atoms with Gasteiger partial charge in [-0.15, -0.1) is 10.2 Å². The quantitative estimate of drug-likeness (QED) is 0.705. The minimum atomic E-state index is 0.0569. The number of carbonyl (C=O) groups is 1. The van der Waals surface area contributed by atoms with E-state index < -0.39 is 0 Å². The molecule has 1 unspecified atom stereocenters. The number of fused-ring (bicyclic) bond motifs is 2. The van der Waals surface area contributed by atoms with Gasteiger partial charge in [0.05, 0.1) is 13.2 Å². The van der Waals surface area contributed by atoms with Crippen LogP contribution in [-0.2, 0) is 17.6 Å². The summed E-state index contributed by atoms with van der Waals surface area (Å²) in [4.78, 5) is 15.5. The average molecular weight is 371 g/mol. The van der Waals surface area contributed by atoms with E-state index >= 15 is 0 Å². The van der Waals surface area contributed by atoms with Gasteiger partial charge in [0, 0.05) is 19.4 Å². The first-order chi connectivity index (χ1) is 12.6. The molecular formula is C18H21N5O2S. The molecule has 1 aliphatic rings. The highest BCUT2D eigenvalue weighted by Crippen LogP contribution is 2.32. The molecule has 0 radical (unpaired) electrons. The van der Waals surface area contributed by atoms with Crippen molar-refractivity contribution in [3.8, 4) is 5.75 Å². The molecule has 3 heterocycles. The summed E-state index contributed by atoms with van der Waals surface area (Å²) >= 11 is 1.49. The van der Waals surface area contributed by atoms with Gasteiger partial charge in [0.2, 0.25) is 10.9 Å². The summed E-state index contributed by atoms with van der Waals surface area (Å²) in [5.74, 6) is 1.76. The van der Waals surface area contributed by atoms with Gasteiger partial charge in [0.15, 0.2) is 5.82 Å². The van der Waals surface area contributed by atoms with Crippen molar-refractivity contribution in [2.45, 2.75) is 39.2 Å². The first-order valence-electron chi connectivity index (χ1n) is 8.71. The molecule has 0 spiro atoms. The molecule has 0 N–H and O–H groups in total. The van der Waals surface area contributed by atoms with Crippen molar-refractivity contribution in [3.05, 3.63) is 40.2 Å². The van der Waals surface area contributed by atoms with Crippen LogP contribution in [0.5, 0.6) is 5.75 Å². The van der Waals surface area contributed by atoms with Crippen molar-refractivity contribution < 1.29 is 9.53 Å². The van der Waals surface area contributed by atoms with Crippen LogP contribution in [0.2, 0.25) is 0 Å². The summed E-state index contributed by atoms with van der Waals surface area (Å²) in [5.41, 5.74) is 2.48. The number of aryl methyl sites for hydroxylation is 2. The fourth-order valence-corrected chi connectivity index (χ4v) is 4.35. The monoisotopic (exact) mass is 371 g/mol. The van der Waals surface area contributed by atoms with Crippen LogP contribution in [0, 0.1) is 6.92 Å². The number of hydrogen-bond acceptors (Lipinski definition) is 6. The van der Waals surface area contributed by atoms with Crippen LogP contribution in [0.25, 0.3) is 4.96 Å². The molecule has 0 fully saturated rings. The summed E-state index contributed by atoms with van der Waals surface area (Å²) in [5, 5.41) is 13.5. The molecule has 0 bridgehead atoms. The number of nitrogens with zero attached hydrogens (tertiary/aromatic N) is 5. The number of carbonyl (C=O) groups excluding carboxylic acids is 1. The molecule has 0 saturated heterocycles. The number of aromatic nitrogens is 4.